The first-order chi connectivity index (χ1) is 12.2. The molecular formula is C18H25N5O2. The van der Waals surface area contributed by atoms with Crippen molar-refractivity contribution in [1.82, 2.24) is 25.1 Å². The lowest BCUT2D eigenvalue weighted by molar-refractivity contribution is 0.171. The molecule has 7 nitrogen and oxygen atoms in total. The molecule has 1 aromatic heterocycles. The van der Waals surface area contributed by atoms with E-state index in [1.165, 1.54) is 6.42 Å². The number of urea groups is 1. The van der Waals surface area contributed by atoms with Crippen LogP contribution in [0.15, 0.2) is 29.1 Å². The molecule has 7 heteroatoms. The third kappa shape index (κ3) is 3.28. The highest BCUT2D eigenvalue weighted by molar-refractivity contribution is 5.75. The van der Waals surface area contributed by atoms with Crippen molar-refractivity contribution < 1.29 is 4.79 Å². The fourth-order valence-corrected chi connectivity index (χ4v) is 4.02. The van der Waals surface area contributed by atoms with Gasteiger partial charge < -0.3 is 20.5 Å². The normalized spacial score (nSPS) is 21.8. The summed E-state index contributed by atoms with van der Waals surface area (Å²) >= 11 is 0. The van der Waals surface area contributed by atoms with Crippen LogP contribution < -0.4 is 16.3 Å². The van der Waals surface area contributed by atoms with Gasteiger partial charge in [-0.15, -0.1) is 0 Å². The number of hydrogen-bond acceptors (Lipinski definition) is 3. The first kappa shape index (κ1) is 16.2. The van der Waals surface area contributed by atoms with Crippen molar-refractivity contribution in [3.05, 3.63) is 34.7 Å². The third-order valence-electron chi connectivity index (χ3n) is 5.40. The summed E-state index contributed by atoms with van der Waals surface area (Å²) in [6.45, 7) is 3.10. The zero-order chi connectivity index (χ0) is 17.2. The minimum absolute atomic E-state index is 0.0124. The van der Waals surface area contributed by atoms with Crippen molar-refractivity contribution in [1.29, 1.82) is 0 Å². The lowest BCUT2D eigenvalue weighted by Crippen LogP contribution is -2.48. The molecule has 2 aliphatic heterocycles. The minimum Gasteiger partial charge on any atom is -0.336 e. The van der Waals surface area contributed by atoms with Gasteiger partial charge in [0.2, 0.25) is 0 Å². The van der Waals surface area contributed by atoms with Gasteiger partial charge in [-0.05, 0) is 44.4 Å². The number of aromatic nitrogens is 2. The van der Waals surface area contributed by atoms with Gasteiger partial charge in [-0.2, -0.15) is 0 Å². The van der Waals surface area contributed by atoms with Gasteiger partial charge >= 0.3 is 11.7 Å². The zero-order valence-corrected chi connectivity index (χ0v) is 14.3. The lowest BCUT2D eigenvalue weighted by Gasteiger charge is -2.32. The highest BCUT2D eigenvalue weighted by Gasteiger charge is 2.26. The third-order valence-corrected chi connectivity index (χ3v) is 5.40. The Kier molecular flexibility index (Phi) is 4.48. The Morgan fingerprint density at radius 3 is 2.76 bits per heavy atom. The Labute approximate surface area is 146 Å². The second-order valence-electron chi connectivity index (χ2n) is 7.01. The van der Waals surface area contributed by atoms with Gasteiger partial charge in [0, 0.05) is 31.7 Å². The van der Waals surface area contributed by atoms with Gasteiger partial charge in [0.25, 0.3) is 0 Å². The molecule has 4 rings (SSSR count). The van der Waals surface area contributed by atoms with E-state index in [9.17, 15) is 9.59 Å². The molecule has 1 atom stereocenters. The summed E-state index contributed by atoms with van der Waals surface area (Å²) in [7, 11) is 0. The van der Waals surface area contributed by atoms with Crippen LogP contribution in [0, 0.1) is 0 Å². The number of nitrogens with one attached hydrogen (secondary N) is 3. The average Bonchev–Trinajstić information content (AvgIpc) is 3.26. The monoisotopic (exact) mass is 343 g/mol. The van der Waals surface area contributed by atoms with Crippen LogP contribution in [0.2, 0.25) is 0 Å². The summed E-state index contributed by atoms with van der Waals surface area (Å²) in [6.07, 6.45) is 3.92. The van der Waals surface area contributed by atoms with Crippen LogP contribution in [0.1, 0.15) is 31.7 Å². The fourth-order valence-electron chi connectivity index (χ4n) is 4.02. The van der Waals surface area contributed by atoms with Gasteiger partial charge in [-0.25, -0.2) is 9.59 Å². The number of benzene rings is 1. The van der Waals surface area contributed by atoms with Crippen molar-refractivity contribution in [3.8, 4) is 0 Å². The molecule has 0 saturated carbocycles. The van der Waals surface area contributed by atoms with Crippen LogP contribution in [0.4, 0.5) is 4.79 Å². The molecule has 2 aliphatic rings. The average molecular weight is 343 g/mol. The van der Waals surface area contributed by atoms with Crippen molar-refractivity contribution in [2.45, 2.75) is 37.8 Å². The van der Waals surface area contributed by atoms with E-state index in [0.717, 1.165) is 36.8 Å². The lowest BCUT2D eigenvalue weighted by atomic mass is 10.0. The Bertz CT molecular complexity index is 797. The number of rotatable bonds is 3. The maximum atomic E-state index is 12.3. The molecule has 134 valence electrons. The first-order valence-corrected chi connectivity index (χ1v) is 9.18. The van der Waals surface area contributed by atoms with Gasteiger partial charge in [0.1, 0.15) is 0 Å². The van der Waals surface area contributed by atoms with E-state index in [4.69, 9.17) is 0 Å². The van der Waals surface area contributed by atoms with Gasteiger partial charge in [0.05, 0.1) is 11.0 Å². The number of H-pyrrole nitrogens is 1. The van der Waals surface area contributed by atoms with Crippen molar-refractivity contribution in [2.24, 2.45) is 0 Å². The summed E-state index contributed by atoms with van der Waals surface area (Å²) < 4.78 is 1.85. The van der Waals surface area contributed by atoms with Crippen LogP contribution in [0.3, 0.4) is 0 Å². The van der Waals surface area contributed by atoms with E-state index in [-0.39, 0.29) is 17.8 Å². The summed E-state index contributed by atoms with van der Waals surface area (Å²) in [5.74, 6) is 0. The van der Waals surface area contributed by atoms with Crippen LogP contribution in [-0.4, -0.2) is 52.7 Å². The fraction of sp³-hybridized carbons (Fsp3) is 0.556. The number of piperidine rings is 1. The Hall–Kier alpha value is -2.28. The number of imidazole rings is 1. The SMILES string of the molecule is O=C(NCC1CCCN1)N1CCC(n2c(=O)[nH]c3ccccc32)CC1. The Morgan fingerprint density at radius 2 is 2.00 bits per heavy atom. The number of likely N-dealkylation sites (tertiary alicyclic amines) is 1. The molecule has 3 heterocycles. The molecule has 2 amide bonds. The van der Waals surface area contributed by atoms with Crippen molar-refractivity contribution in [3.63, 3.8) is 0 Å². The molecule has 2 aromatic rings. The molecule has 0 spiro atoms. The standard InChI is InChI=1S/C18H25N5O2/c24-17(20-12-13-4-3-9-19-13)22-10-7-14(8-11-22)23-16-6-2-1-5-15(16)21-18(23)25/h1-2,5-6,13-14,19H,3-4,7-12H2,(H,20,24)(H,21,25). The van der Waals surface area contributed by atoms with Crippen molar-refractivity contribution in [2.75, 3.05) is 26.2 Å². The highest BCUT2D eigenvalue weighted by atomic mass is 16.2. The largest absolute Gasteiger partial charge is 0.336 e. The minimum atomic E-state index is -0.0589. The molecule has 25 heavy (non-hydrogen) atoms. The molecule has 2 saturated heterocycles. The maximum Gasteiger partial charge on any atom is 0.326 e. The topological polar surface area (TPSA) is 82.2 Å². The first-order valence-electron chi connectivity index (χ1n) is 9.18. The van der Waals surface area contributed by atoms with Gasteiger partial charge in [-0.1, -0.05) is 12.1 Å². The van der Waals surface area contributed by atoms with Crippen LogP contribution in [0.25, 0.3) is 11.0 Å². The number of amides is 2. The quantitative estimate of drug-likeness (QED) is 0.788. The molecule has 2 fully saturated rings. The number of carbonyl (C=O) groups excluding carboxylic acids is 1. The van der Waals surface area contributed by atoms with E-state index < -0.39 is 0 Å². The molecular weight excluding hydrogens is 318 g/mol. The number of nitrogens with zero attached hydrogens (tertiary/aromatic N) is 2. The van der Waals surface area contributed by atoms with E-state index >= 15 is 0 Å². The van der Waals surface area contributed by atoms with Crippen LogP contribution >= 0.6 is 0 Å². The predicted octanol–water partition coefficient (Wildman–Crippen LogP) is 1.43. The van der Waals surface area contributed by atoms with E-state index in [1.807, 2.05) is 33.7 Å². The van der Waals surface area contributed by atoms with E-state index in [2.05, 4.69) is 15.6 Å². The molecule has 1 unspecified atom stereocenters. The second-order valence-corrected chi connectivity index (χ2v) is 7.01. The number of carbonyl (C=O) groups is 1. The molecule has 3 N–H and O–H groups in total. The summed E-state index contributed by atoms with van der Waals surface area (Å²) in [5.41, 5.74) is 1.76. The summed E-state index contributed by atoms with van der Waals surface area (Å²) in [5, 5.41) is 6.42. The van der Waals surface area contributed by atoms with Crippen LogP contribution in [-0.2, 0) is 0 Å². The highest BCUT2D eigenvalue weighted by Crippen LogP contribution is 2.24. The predicted molar refractivity (Wildman–Crippen MR) is 96.8 cm³/mol. The van der Waals surface area contributed by atoms with Gasteiger partial charge in [-0.3, -0.25) is 4.57 Å². The number of aromatic amines is 1. The maximum absolute atomic E-state index is 12.3. The number of hydrogen-bond donors (Lipinski definition) is 3. The Balaban J connectivity index is 1.37. The Morgan fingerprint density at radius 1 is 1.20 bits per heavy atom. The molecule has 0 aliphatic carbocycles. The molecule has 0 bridgehead atoms. The molecule has 1 aromatic carbocycles. The van der Waals surface area contributed by atoms with Gasteiger partial charge in [0.15, 0.2) is 0 Å². The number of fused-ring (bicyclic) bond motifs is 1. The van der Waals surface area contributed by atoms with Crippen LogP contribution in [0.5, 0.6) is 0 Å². The van der Waals surface area contributed by atoms with Crippen molar-refractivity contribution >= 4 is 17.1 Å². The second kappa shape index (κ2) is 6.92. The number of para-hydroxylation sites is 2. The summed E-state index contributed by atoms with van der Waals surface area (Å²) in [6, 6.07) is 8.34. The zero-order valence-electron chi connectivity index (χ0n) is 14.3. The van der Waals surface area contributed by atoms with E-state index in [0.29, 0.717) is 25.7 Å². The smallest absolute Gasteiger partial charge is 0.326 e. The molecule has 0 radical (unpaired) electrons. The van der Waals surface area contributed by atoms with E-state index in [1.54, 1.807) is 0 Å². The summed E-state index contributed by atoms with van der Waals surface area (Å²) in [4.78, 5) is 29.4.